The van der Waals surface area contributed by atoms with Crippen molar-refractivity contribution >= 4 is 18.0 Å². The van der Waals surface area contributed by atoms with Gasteiger partial charge in [-0.3, -0.25) is 9.69 Å². The zero-order valence-corrected chi connectivity index (χ0v) is 18.8. The Bertz CT molecular complexity index is 605. The molecule has 7 nitrogen and oxygen atoms in total. The standard InChI is InChI=1S/C22H38N2O5/c1-14(2)19(25)24(16-9-7-15(3)8-10-16)17-11-18(23(12-17)21(27)28)20(26)29-13-22(4,5)6/h14-18H,7-13H2,1-6H3,(H,27,28)/t15?,16?,17-,18-/m0/s1. The third kappa shape index (κ3) is 6.09. The summed E-state index contributed by atoms with van der Waals surface area (Å²) in [4.78, 5) is 40.6. The molecule has 1 aliphatic heterocycles. The normalized spacial score (nSPS) is 27.8. The van der Waals surface area contributed by atoms with Crippen molar-refractivity contribution < 1.29 is 24.2 Å². The lowest BCUT2D eigenvalue weighted by Crippen LogP contribution is -2.51. The number of esters is 1. The summed E-state index contributed by atoms with van der Waals surface area (Å²) in [5, 5.41) is 9.67. The van der Waals surface area contributed by atoms with E-state index in [1.54, 1.807) is 0 Å². The molecule has 1 N–H and O–H groups in total. The average molecular weight is 411 g/mol. The smallest absolute Gasteiger partial charge is 0.408 e. The molecule has 0 aromatic carbocycles. The maximum absolute atomic E-state index is 13.1. The van der Waals surface area contributed by atoms with Gasteiger partial charge in [-0.15, -0.1) is 0 Å². The van der Waals surface area contributed by atoms with E-state index in [4.69, 9.17) is 4.74 Å². The van der Waals surface area contributed by atoms with Gasteiger partial charge in [-0.2, -0.15) is 0 Å². The monoisotopic (exact) mass is 410 g/mol. The third-order valence-corrected chi connectivity index (χ3v) is 5.96. The van der Waals surface area contributed by atoms with Crippen LogP contribution in [0.5, 0.6) is 0 Å². The van der Waals surface area contributed by atoms with Gasteiger partial charge in [0.15, 0.2) is 0 Å². The number of carbonyl (C=O) groups excluding carboxylic acids is 2. The summed E-state index contributed by atoms with van der Waals surface area (Å²) in [6, 6.07) is -1.03. The molecule has 1 aliphatic carbocycles. The number of nitrogens with zero attached hydrogens (tertiary/aromatic N) is 2. The van der Waals surface area contributed by atoms with E-state index >= 15 is 0 Å². The van der Waals surface area contributed by atoms with Gasteiger partial charge in [0.2, 0.25) is 5.91 Å². The second-order valence-corrected chi connectivity index (χ2v) is 10.3. The highest BCUT2D eigenvalue weighted by atomic mass is 16.5. The van der Waals surface area contributed by atoms with Crippen LogP contribution in [0.1, 0.15) is 73.6 Å². The van der Waals surface area contributed by atoms with Gasteiger partial charge in [0.25, 0.3) is 0 Å². The van der Waals surface area contributed by atoms with Crippen LogP contribution in [0.15, 0.2) is 0 Å². The minimum absolute atomic E-state index is 0.0450. The first-order valence-electron chi connectivity index (χ1n) is 10.9. The number of hydrogen-bond acceptors (Lipinski definition) is 4. The Morgan fingerprint density at radius 3 is 2.17 bits per heavy atom. The third-order valence-electron chi connectivity index (χ3n) is 5.96. The van der Waals surface area contributed by atoms with E-state index in [0.29, 0.717) is 12.3 Å². The lowest BCUT2D eigenvalue weighted by atomic mass is 9.85. The minimum atomic E-state index is -1.14. The number of ether oxygens (including phenoxy) is 1. The topological polar surface area (TPSA) is 87.2 Å². The molecule has 29 heavy (non-hydrogen) atoms. The minimum Gasteiger partial charge on any atom is -0.465 e. The van der Waals surface area contributed by atoms with Gasteiger partial charge in [0.1, 0.15) is 6.04 Å². The maximum Gasteiger partial charge on any atom is 0.408 e. The van der Waals surface area contributed by atoms with Crippen LogP contribution in [0.25, 0.3) is 0 Å². The van der Waals surface area contributed by atoms with Crippen LogP contribution in [-0.2, 0) is 14.3 Å². The fourth-order valence-corrected chi connectivity index (χ4v) is 4.31. The van der Waals surface area contributed by atoms with E-state index in [-0.39, 0.29) is 42.5 Å². The molecule has 0 radical (unpaired) electrons. The molecule has 1 saturated carbocycles. The van der Waals surface area contributed by atoms with Crippen LogP contribution >= 0.6 is 0 Å². The number of amides is 2. The summed E-state index contributed by atoms with van der Waals surface area (Å²) in [5.74, 6) is 0.0173. The van der Waals surface area contributed by atoms with E-state index in [1.165, 1.54) is 0 Å². The Morgan fingerprint density at radius 1 is 1.10 bits per heavy atom. The highest BCUT2D eigenvalue weighted by molar-refractivity contribution is 5.83. The zero-order chi connectivity index (χ0) is 21.9. The first kappa shape index (κ1) is 23.5. The van der Waals surface area contributed by atoms with Gasteiger partial charge >= 0.3 is 12.1 Å². The van der Waals surface area contributed by atoms with Gasteiger partial charge in [-0.1, -0.05) is 41.5 Å². The maximum atomic E-state index is 13.1. The molecular formula is C22H38N2O5. The molecule has 0 aromatic heterocycles. The largest absolute Gasteiger partial charge is 0.465 e. The molecular weight excluding hydrogens is 372 g/mol. The molecule has 2 rings (SSSR count). The van der Waals surface area contributed by atoms with Crippen LogP contribution in [0, 0.1) is 17.3 Å². The average Bonchev–Trinajstić information content (AvgIpc) is 3.06. The first-order chi connectivity index (χ1) is 13.4. The molecule has 7 heteroatoms. The van der Waals surface area contributed by atoms with Crippen molar-refractivity contribution in [3.8, 4) is 0 Å². The summed E-state index contributed by atoms with van der Waals surface area (Å²) in [7, 11) is 0. The van der Waals surface area contributed by atoms with Crippen LogP contribution in [0.2, 0.25) is 0 Å². The molecule has 166 valence electrons. The molecule has 0 unspecified atom stereocenters. The highest BCUT2D eigenvalue weighted by Crippen LogP contribution is 2.33. The van der Waals surface area contributed by atoms with Crippen molar-refractivity contribution in [3.63, 3.8) is 0 Å². The fourth-order valence-electron chi connectivity index (χ4n) is 4.31. The Hall–Kier alpha value is -1.79. The molecule has 2 amide bonds. The summed E-state index contributed by atoms with van der Waals surface area (Å²) in [6.07, 6.45) is 3.17. The molecule has 2 atom stereocenters. The van der Waals surface area contributed by atoms with E-state index in [1.807, 2.05) is 39.5 Å². The summed E-state index contributed by atoms with van der Waals surface area (Å²) < 4.78 is 5.42. The van der Waals surface area contributed by atoms with Crippen molar-refractivity contribution in [2.24, 2.45) is 17.3 Å². The Kier molecular flexibility index (Phi) is 7.57. The molecule has 0 spiro atoms. The summed E-state index contributed by atoms with van der Waals surface area (Å²) in [5.41, 5.74) is -0.194. The van der Waals surface area contributed by atoms with Crippen molar-refractivity contribution in [2.45, 2.75) is 91.8 Å². The van der Waals surface area contributed by atoms with Gasteiger partial charge in [0, 0.05) is 24.9 Å². The molecule has 0 bridgehead atoms. The lowest BCUT2D eigenvalue weighted by molar-refractivity contribution is -0.151. The fraction of sp³-hybridized carbons (Fsp3) is 0.864. The van der Waals surface area contributed by atoms with Crippen LogP contribution < -0.4 is 0 Å². The Morgan fingerprint density at radius 2 is 1.69 bits per heavy atom. The Balaban J connectivity index is 2.19. The number of rotatable bonds is 5. The number of hydrogen-bond donors (Lipinski definition) is 1. The number of likely N-dealkylation sites (tertiary alicyclic amines) is 1. The van der Waals surface area contributed by atoms with Gasteiger partial charge in [0.05, 0.1) is 12.6 Å². The molecule has 1 heterocycles. The first-order valence-corrected chi connectivity index (χ1v) is 10.9. The predicted octanol–water partition coefficient (Wildman–Crippen LogP) is 3.76. The SMILES string of the molecule is CC1CCC(N(C(=O)C(C)C)[C@H]2C[C@@H](C(=O)OCC(C)(C)C)N(C(=O)O)C2)CC1. The van der Waals surface area contributed by atoms with Crippen LogP contribution in [0.3, 0.4) is 0 Å². The van der Waals surface area contributed by atoms with E-state index in [9.17, 15) is 19.5 Å². The summed E-state index contributed by atoms with van der Waals surface area (Å²) in [6.45, 7) is 12.2. The Labute approximate surface area is 174 Å². The van der Waals surface area contributed by atoms with Crippen molar-refractivity contribution in [1.82, 2.24) is 9.80 Å². The van der Waals surface area contributed by atoms with E-state index in [0.717, 1.165) is 30.6 Å². The number of carboxylic acid groups (broad SMARTS) is 1. The second-order valence-electron chi connectivity index (χ2n) is 10.3. The quantitative estimate of drug-likeness (QED) is 0.697. The lowest BCUT2D eigenvalue weighted by Gasteiger charge is -2.40. The van der Waals surface area contributed by atoms with Gasteiger partial charge in [-0.25, -0.2) is 9.59 Å². The van der Waals surface area contributed by atoms with Crippen molar-refractivity contribution in [3.05, 3.63) is 0 Å². The highest BCUT2D eigenvalue weighted by Gasteiger charge is 2.46. The van der Waals surface area contributed by atoms with Gasteiger partial charge in [-0.05, 0) is 37.0 Å². The molecule has 2 fully saturated rings. The van der Waals surface area contributed by atoms with Crippen LogP contribution in [0.4, 0.5) is 4.79 Å². The molecule has 0 aromatic rings. The number of carbonyl (C=O) groups is 3. The van der Waals surface area contributed by atoms with Crippen molar-refractivity contribution in [2.75, 3.05) is 13.2 Å². The predicted molar refractivity (Wildman–Crippen MR) is 110 cm³/mol. The van der Waals surface area contributed by atoms with E-state index < -0.39 is 18.1 Å². The molecule has 2 aliphatic rings. The summed E-state index contributed by atoms with van der Waals surface area (Å²) >= 11 is 0. The van der Waals surface area contributed by atoms with Crippen LogP contribution in [-0.4, -0.2) is 64.2 Å². The van der Waals surface area contributed by atoms with E-state index in [2.05, 4.69) is 6.92 Å². The van der Waals surface area contributed by atoms with Crippen molar-refractivity contribution in [1.29, 1.82) is 0 Å². The second kappa shape index (κ2) is 9.35. The molecule has 1 saturated heterocycles. The zero-order valence-electron chi connectivity index (χ0n) is 18.8. The van der Waals surface area contributed by atoms with Gasteiger partial charge < -0.3 is 14.7 Å².